The third-order valence-corrected chi connectivity index (χ3v) is 6.00. The van der Waals surface area contributed by atoms with Gasteiger partial charge in [0.2, 0.25) is 15.7 Å². The highest BCUT2D eigenvalue weighted by Gasteiger charge is 2.29. The number of nitrogens with one attached hydrogen (secondary N) is 2. The normalized spacial score (nSPS) is 19.9. The second kappa shape index (κ2) is 7.71. The van der Waals surface area contributed by atoms with Gasteiger partial charge in [0.05, 0.1) is 11.3 Å². The zero-order chi connectivity index (χ0) is 21.5. The second-order valence-corrected chi connectivity index (χ2v) is 9.66. The number of aromatic amines is 1. The van der Waals surface area contributed by atoms with Gasteiger partial charge in [-0.1, -0.05) is 18.9 Å². The van der Waals surface area contributed by atoms with Gasteiger partial charge in [-0.05, 0) is 18.4 Å². The number of pyridine rings is 1. The molecule has 0 spiro atoms. The van der Waals surface area contributed by atoms with Crippen LogP contribution in [0.4, 0.5) is 5.69 Å². The number of sulfone groups is 1. The van der Waals surface area contributed by atoms with E-state index in [1.54, 1.807) is 12.4 Å². The monoisotopic (exact) mass is 432 g/mol. The molecule has 1 saturated heterocycles. The molecular formula is C19H24N6O4S. The van der Waals surface area contributed by atoms with Crippen LogP contribution in [0.25, 0.3) is 22.5 Å². The minimum absolute atomic E-state index is 0.0146. The summed E-state index contributed by atoms with van der Waals surface area (Å²) in [5, 5.41) is 11.5. The van der Waals surface area contributed by atoms with Crippen molar-refractivity contribution in [3.05, 3.63) is 18.5 Å². The summed E-state index contributed by atoms with van der Waals surface area (Å²) in [7, 11) is -3.62. The molecule has 30 heavy (non-hydrogen) atoms. The van der Waals surface area contributed by atoms with Gasteiger partial charge in [-0.2, -0.15) is 0 Å². The number of nitrogens with zero attached hydrogens (tertiary/aromatic N) is 4. The van der Waals surface area contributed by atoms with Crippen molar-refractivity contribution in [1.82, 2.24) is 25.1 Å². The molecule has 3 aromatic rings. The van der Waals surface area contributed by atoms with Gasteiger partial charge in [-0.15, -0.1) is 5.10 Å². The van der Waals surface area contributed by atoms with Crippen LogP contribution in [0.2, 0.25) is 0 Å². The van der Waals surface area contributed by atoms with E-state index in [-0.39, 0.29) is 17.8 Å². The van der Waals surface area contributed by atoms with Gasteiger partial charge < -0.3 is 19.6 Å². The molecule has 2 N–H and O–H groups in total. The van der Waals surface area contributed by atoms with E-state index in [4.69, 9.17) is 4.42 Å². The van der Waals surface area contributed by atoms with Crippen LogP contribution in [0.5, 0.6) is 0 Å². The Balaban J connectivity index is 1.72. The number of piperidine rings is 1. The largest absolute Gasteiger partial charge is 0.408 e. The molecule has 1 amide bonds. The number of H-pyrrole nitrogens is 1. The Morgan fingerprint density at radius 1 is 1.37 bits per heavy atom. The minimum atomic E-state index is -3.62. The maximum absolute atomic E-state index is 12.3. The lowest BCUT2D eigenvalue weighted by atomic mass is 9.95. The Kier molecular flexibility index (Phi) is 5.22. The van der Waals surface area contributed by atoms with E-state index in [9.17, 15) is 13.2 Å². The number of likely N-dealkylation sites (tertiary alicyclic amines) is 1. The Bertz CT molecular complexity index is 1180. The SMILES string of the molecule is CCC(=O)N1C[C@@H](C)C[C@@H](Nc2c(-c3nnc(S(C)(=O)=O)o3)cnc3[nH]ccc23)C1. The van der Waals surface area contributed by atoms with Crippen LogP contribution in [0.1, 0.15) is 26.7 Å². The maximum Gasteiger partial charge on any atom is 0.335 e. The quantitative estimate of drug-likeness (QED) is 0.626. The predicted octanol–water partition coefficient (Wildman–Crippen LogP) is 2.08. The number of hydrogen-bond donors (Lipinski definition) is 2. The Morgan fingerprint density at radius 3 is 2.87 bits per heavy atom. The van der Waals surface area contributed by atoms with E-state index in [2.05, 4.69) is 32.4 Å². The van der Waals surface area contributed by atoms with Crippen molar-refractivity contribution < 1.29 is 17.6 Å². The first-order chi connectivity index (χ1) is 14.3. The van der Waals surface area contributed by atoms with E-state index in [1.807, 2.05) is 17.9 Å². The molecule has 0 unspecified atom stereocenters. The molecule has 0 saturated carbocycles. The number of amides is 1. The lowest BCUT2D eigenvalue weighted by Gasteiger charge is -2.37. The average Bonchev–Trinajstić information content (AvgIpc) is 3.36. The molecule has 11 heteroatoms. The first-order valence-electron chi connectivity index (χ1n) is 9.80. The smallest absolute Gasteiger partial charge is 0.335 e. The van der Waals surface area contributed by atoms with Crippen molar-refractivity contribution in [1.29, 1.82) is 0 Å². The zero-order valence-electron chi connectivity index (χ0n) is 17.0. The highest BCUT2D eigenvalue weighted by Crippen LogP contribution is 2.34. The Labute approximate surface area is 174 Å². The molecule has 1 aliphatic rings. The number of carbonyl (C=O) groups excluding carboxylic acids is 1. The third kappa shape index (κ3) is 3.89. The number of carbonyl (C=O) groups is 1. The number of anilines is 1. The molecule has 0 aliphatic carbocycles. The predicted molar refractivity (Wildman–Crippen MR) is 111 cm³/mol. The van der Waals surface area contributed by atoms with Crippen molar-refractivity contribution in [2.24, 2.45) is 5.92 Å². The number of aromatic nitrogens is 4. The van der Waals surface area contributed by atoms with Gasteiger partial charge >= 0.3 is 5.22 Å². The maximum atomic E-state index is 12.3. The lowest BCUT2D eigenvalue weighted by molar-refractivity contribution is -0.132. The minimum Gasteiger partial charge on any atom is -0.408 e. The van der Waals surface area contributed by atoms with Gasteiger partial charge in [0.25, 0.3) is 5.89 Å². The van der Waals surface area contributed by atoms with Gasteiger partial charge in [0.1, 0.15) is 5.65 Å². The van der Waals surface area contributed by atoms with Crippen LogP contribution in [-0.2, 0) is 14.6 Å². The van der Waals surface area contributed by atoms with E-state index >= 15 is 0 Å². The summed E-state index contributed by atoms with van der Waals surface area (Å²) in [4.78, 5) is 21.6. The molecule has 4 rings (SSSR count). The summed E-state index contributed by atoms with van der Waals surface area (Å²) < 4.78 is 28.9. The second-order valence-electron chi connectivity index (χ2n) is 7.77. The molecule has 10 nitrogen and oxygen atoms in total. The highest BCUT2D eigenvalue weighted by atomic mass is 32.2. The van der Waals surface area contributed by atoms with Crippen LogP contribution in [0, 0.1) is 5.92 Å². The lowest BCUT2D eigenvalue weighted by Crippen LogP contribution is -2.48. The summed E-state index contributed by atoms with van der Waals surface area (Å²) in [6.45, 7) is 5.32. The third-order valence-electron chi connectivity index (χ3n) is 5.20. The van der Waals surface area contributed by atoms with Gasteiger partial charge in [-0.25, -0.2) is 13.4 Å². The van der Waals surface area contributed by atoms with E-state index in [1.165, 1.54) is 0 Å². The average molecular weight is 433 g/mol. The molecule has 0 aromatic carbocycles. The van der Waals surface area contributed by atoms with Crippen LogP contribution in [-0.4, -0.2) is 64.8 Å². The van der Waals surface area contributed by atoms with Crippen LogP contribution in [0.3, 0.4) is 0 Å². The topological polar surface area (TPSA) is 134 Å². The molecule has 1 fully saturated rings. The summed E-state index contributed by atoms with van der Waals surface area (Å²) in [5.41, 5.74) is 1.90. The fraction of sp³-hybridized carbons (Fsp3) is 0.474. The summed E-state index contributed by atoms with van der Waals surface area (Å²) in [5.74, 6) is 0.544. The van der Waals surface area contributed by atoms with Crippen molar-refractivity contribution >= 4 is 32.5 Å². The fourth-order valence-electron chi connectivity index (χ4n) is 3.88. The van der Waals surface area contributed by atoms with Crippen molar-refractivity contribution in [2.75, 3.05) is 24.7 Å². The molecule has 4 heterocycles. The van der Waals surface area contributed by atoms with Crippen molar-refractivity contribution in [3.8, 4) is 11.5 Å². The summed E-state index contributed by atoms with van der Waals surface area (Å²) >= 11 is 0. The van der Waals surface area contributed by atoms with Crippen molar-refractivity contribution in [3.63, 3.8) is 0 Å². The number of rotatable bonds is 5. The molecule has 0 bridgehead atoms. The van der Waals surface area contributed by atoms with Gasteiger partial charge in [0.15, 0.2) is 0 Å². The first-order valence-corrected chi connectivity index (χ1v) is 11.7. The van der Waals surface area contributed by atoms with E-state index in [0.29, 0.717) is 35.8 Å². The van der Waals surface area contributed by atoms with Crippen molar-refractivity contribution in [2.45, 2.75) is 38.0 Å². The molecule has 1 aliphatic heterocycles. The fourth-order valence-corrected chi connectivity index (χ4v) is 4.30. The highest BCUT2D eigenvalue weighted by molar-refractivity contribution is 7.90. The Morgan fingerprint density at radius 2 is 2.17 bits per heavy atom. The van der Waals surface area contributed by atoms with E-state index in [0.717, 1.165) is 24.6 Å². The molecule has 3 aromatic heterocycles. The van der Waals surface area contributed by atoms with Gasteiger partial charge in [-0.3, -0.25) is 4.79 Å². The standard InChI is InChI=1S/C19H24N6O4S/c1-4-15(26)25-9-11(2)7-12(10-25)22-16-13-5-6-20-17(13)21-8-14(16)18-23-24-19(29-18)30(3,27)28/h5-6,8,11-12H,4,7,9-10H2,1-3H3,(H2,20,21,22)/t11-,12+/m0/s1. The Hall–Kier alpha value is -2.95. The number of hydrogen-bond acceptors (Lipinski definition) is 8. The molecule has 2 atom stereocenters. The molecule has 160 valence electrons. The van der Waals surface area contributed by atoms with Gasteiger partial charge in [0, 0.05) is 49.6 Å². The summed E-state index contributed by atoms with van der Waals surface area (Å²) in [6.07, 6.45) is 5.72. The zero-order valence-corrected chi connectivity index (χ0v) is 17.9. The molecule has 0 radical (unpaired) electrons. The van der Waals surface area contributed by atoms with Crippen LogP contribution >= 0.6 is 0 Å². The van der Waals surface area contributed by atoms with E-state index < -0.39 is 15.1 Å². The molecular weight excluding hydrogens is 408 g/mol. The summed E-state index contributed by atoms with van der Waals surface area (Å²) in [6, 6.07) is 1.89. The first kappa shape index (κ1) is 20.3. The number of fused-ring (bicyclic) bond motifs is 1. The van der Waals surface area contributed by atoms with Crippen LogP contribution < -0.4 is 5.32 Å². The van der Waals surface area contributed by atoms with Crippen LogP contribution in [0.15, 0.2) is 28.1 Å².